The lowest BCUT2D eigenvalue weighted by atomic mass is 10.2. The highest BCUT2D eigenvalue weighted by Crippen LogP contribution is 2.18. The number of nitrogens with one attached hydrogen (secondary N) is 3. The SMILES string of the molecule is CN=C(NCc1ccc(OC)cc1)NCc1nc(-c2ccc(OC)cc2)n[nH]1.I. The Morgan fingerprint density at radius 3 is 2.10 bits per heavy atom. The second-order valence-corrected chi connectivity index (χ2v) is 5.96. The number of aliphatic imine (C=N–C) groups is 1. The Kier molecular flexibility index (Phi) is 8.71. The summed E-state index contributed by atoms with van der Waals surface area (Å²) < 4.78 is 10.3. The van der Waals surface area contributed by atoms with Gasteiger partial charge in [0.2, 0.25) is 0 Å². The van der Waals surface area contributed by atoms with Crippen molar-refractivity contribution in [3.8, 4) is 22.9 Å². The molecule has 0 bridgehead atoms. The number of guanidine groups is 1. The van der Waals surface area contributed by atoms with Gasteiger partial charge in [0, 0.05) is 19.2 Å². The lowest BCUT2D eigenvalue weighted by Gasteiger charge is -2.11. The number of aromatic nitrogens is 3. The number of ether oxygens (including phenoxy) is 2. The molecule has 154 valence electrons. The molecule has 0 spiro atoms. The van der Waals surface area contributed by atoms with Crippen LogP contribution in [-0.2, 0) is 13.1 Å². The molecule has 0 unspecified atom stereocenters. The summed E-state index contributed by atoms with van der Waals surface area (Å²) in [7, 11) is 5.02. The summed E-state index contributed by atoms with van der Waals surface area (Å²) in [6.07, 6.45) is 0. The number of hydrogen-bond donors (Lipinski definition) is 3. The molecule has 0 aliphatic rings. The molecule has 3 rings (SSSR count). The number of methoxy groups -OCH3 is 2. The van der Waals surface area contributed by atoms with Crippen LogP contribution in [0, 0.1) is 0 Å². The minimum atomic E-state index is 0. The van der Waals surface area contributed by atoms with Gasteiger partial charge in [-0.1, -0.05) is 12.1 Å². The maximum atomic E-state index is 5.17. The number of aromatic amines is 1. The quantitative estimate of drug-likeness (QED) is 0.258. The van der Waals surface area contributed by atoms with E-state index < -0.39 is 0 Å². The van der Waals surface area contributed by atoms with Crippen LogP contribution in [0.3, 0.4) is 0 Å². The monoisotopic (exact) mass is 508 g/mol. The van der Waals surface area contributed by atoms with Gasteiger partial charge >= 0.3 is 0 Å². The average Bonchev–Trinajstić information content (AvgIpc) is 3.23. The Labute approximate surface area is 187 Å². The van der Waals surface area contributed by atoms with Crippen molar-refractivity contribution in [3.63, 3.8) is 0 Å². The molecule has 0 amide bonds. The average molecular weight is 508 g/mol. The van der Waals surface area contributed by atoms with Gasteiger partial charge in [0.05, 0.1) is 20.8 Å². The first-order chi connectivity index (χ1) is 13.7. The number of rotatable bonds is 7. The first-order valence-corrected chi connectivity index (χ1v) is 8.85. The first-order valence-electron chi connectivity index (χ1n) is 8.85. The highest BCUT2D eigenvalue weighted by Gasteiger charge is 2.07. The van der Waals surface area contributed by atoms with Crippen molar-refractivity contribution in [3.05, 3.63) is 59.9 Å². The lowest BCUT2D eigenvalue weighted by Crippen LogP contribution is -2.36. The lowest BCUT2D eigenvalue weighted by molar-refractivity contribution is 0.414. The third-order valence-corrected chi connectivity index (χ3v) is 4.15. The highest BCUT2D eigenvalue weighted by molar-refractivity contribution is 14.0. The van der Waals surface area contributed by atoms with E-state index in [0.717, 1.165) is 28.5 Å². The maximum absolute atomic E-state index is 5.17. The number of H-pyrrole nitrogens is 1. The van der Waals surface area contributed by atoms with Crippen LogP contribution in [0.25, 0.3) is 11.4 Å². The summed E-state index contributed by atoms with van der Waals surface area (Å²) in [5.41, 5.74) is 2.05. The molecule has 29 heavy (non-hydrogen) atoms. The van der Waals surface area contributed by atoms with E-state index in [4.69, 9.17) is 9.47 Å². The smallest absolute Gasteiger partial charge is 0.191 e. The largest absolute Gasteiger partial charge is 0.497 e. The van der Waals surface area contributed by atoms with Crippen molar-refractivity contribution in [1.82, 2.24) is 25.8 Å². The Morgan fingerprint density at radius 2 is 1.52 bits per heavy atom. The van der Waals surface area contributed by atoms with E-state index in [1.165, 1.54) is 0 Å². The molecule has 9 heteroatoms. The molecule has 0 aliphatic heterocycles. The Morgan fingerprint density at radius 1 is 0.931 bits per heavy atom. The fourth-order valence-corrected chi connectivity index (χ4v) is 2.56. The maximum Gasteiger partial charge on any atom is 0.191 e. The number of nitrogens with zero attached hydrogens (tertiary/aromatic N) is 3. The second kappa shape index (κ2) is 11.2. The van der Waals surface area contributed by atoms with E-state index in [0.29, 0.717) is 24.9 Å². The standard InChI is InChI=1S/C20H24N6O2.HI/c1-21-20(22-12-14-4-8-16(27-2)9-5-14)23-13-18-24-19(26-25-18)15-6-10-17(28-3)11-7-15;/h4-11H,12-13H2,1-3H3,(H2,21,22,23)(H,24,25,26);1H. The second-order valence-electron chi connectivity index (χ2n) is 5.96. The zero-order valence-electron chi connectivity index (χ0n) is 16.6. The van der Waals surface area contributed by atoms with Gasteiger partial charge in [-0.15, -0.1) is 24.0 Å². The molecule has 0 fully saturated rings. The number of halogens is 1. The van der Waals surface area contributed by atoms with Crippen LogP contribution in [0.15, 0.2) is 53.5 Å². The van der Waals surface area contributed by atoms with E-state index in [1.54, 1.807) is 21.3 Å². The zero-order chi connectivity index (χ0) is 19.8. The molecule has 0 atom stereocenters. The van der Waals surface area contributed by atoms with Gasteiger partial charge < -0.3 is 20.1 Å². The van der Waals surface area contributed by atoms with Crippen molar-refractivity contribution in [2.75, 3.05) is 21.3 Å². The van der Waals surface area contributed by atoms with Crippen LogP contribution >= 0.6 is 24.0 Å². The van der Waals surface area contributed by atoms with Crippen LogP contribution in [0.4, 0.5) is 0 Å². The molecule has 0 saturated heterocycles. The molecule has 0 saturated carbocycles. The van der Waals surface area contributed by atoms with Crippen LogP contribution in [-0.4, -0.2) is 42.4 Å². The summed E-state index contributed by atoms with van der Waals surface area (Å²) in [5, 5.41) is 13.7. The minimum Gasteiger partial charge on any atom is -0.497 e. The Balaban J connectivity index is 0.00000300. The van der Waals surface area contributed by atoms with Crippen LogP contribution < -0.4 is 20.1 Å². The van der Waals surface area contributed by atoms with Crippen LogP contribution in [0.5, 0.6) is 11.5 Å². The van der Waals surface area contributed by atoms with Gasteiger partial charge in [-0.3, -0.25) is 10.1 Å². The molecular formula is C20H25IN6O2. The number of benzene rings is 2. The van der Waals surface area contributed by atoms with Gasteiger partial charge in [-0.25, -0.2) is 4.98 Å². The predicted molar refractivity (Wildman–Crippen MR) is 124 cm³/mol. The summed E-state index contributed by atoms with van der Waals surface area (Å²) in [5.74, 6) is 3.68. The number of hydrogen-bond acceptors (Lipinski definition) is 5. The molecule has 3 N–H and O–H groups in total. The molecule has 0 radical (unpaired) electrons. The summed E-state index contributed by atoms with van der Waals surface area (Å²) >= 11 is 0. The Bertz CT molecular complexity index is 909. The van der Waals surface area contributed by atoms with E-state index in [1.807, 2.05) is 48.5 Å². The van der Waals surface area contributed by atoms with Gasteiger partial charge in [0.1, 0.15) is 17.3 Å². The minimum absolute atomic E-state index is 0. The molecule has 2 aromatic carbocycles. The summed E-state index contributed by atoms with van der Waals surface area (Å²) in [4.78, 5) is 8.74. The molecule has 1 heterocycles. The van der Waals surface area contributed by atoms with Crippen LogP contribution in [0.1, 0.15) is 11.4 Å². The normalized spacial score (nSPS) is 10.8. The molecule has 0 aliphatic carbocycles. The fourth-order valence-electron chi connectivity index (χ4n) is 2.56. The summed E-state index contributed by atoms with van der Waals surface area (Å²) in [6, 6.07) is 15.5. The third kappa shape index (κ3) is 6.34. The first kappa shape index (κ1) is 22.5. The molecule has 1 aromatic heterocycles. The van der Waals surface area contributed by atoms with E-state index in [9.17, 15) is 0 Å². The highest BCUT2D eigenvalue weighted by atomic mass is 127. The van der Waals surface area contributed by atoms with Gasteiger partial charge in [0.15, 0.2) is 11.8 Å². The molecule has 8 nitrogen and oxygen atoms in total. The zero-order valence-corrected chi connectivity index (χ0v) is 18.9. The van der Waals surface area contributed by atoms with Crippen molar-refractivity contribution >= 4 is 29.9 Å². The molecule has 3 aromatic rings. The Hall–Kier alpha value is -2.82. The van der Waals surface area contributed by atoms with E-state index in [-0.39, 0.29) is 24.0 Å². The van der Waals surface area contributed by atoms with Crippen molar-refractivity contribution in [1.29, 1.82) is 0 Å². The topological polar surface area (TPSA) is 96.5 Å². The summed E-state index contributed by atoms with van der Waals surface area (Å²) in [6.45, 7) is 1.13. The van der Waals surface area contributed by atoms with E-state index in [2.05, 4.69) is 30.8 Å². The van der Waals surface area contributed by atoms with Gasteiger partial charge in [0.25, 0.3) is 0 Å². The van der Waals surface area contributed by atoms with Crippen molar-refractivity contribution in [2.24, 2.45) is 4.99 Å². The fraction of sp³-hybridized carbons (Fsp3) is 0.250. The van der Waals surface area contributed by atoms with Crippen LogP contribution in [0.2, 0.25) is 0 Å². The van der Waals surface area contributed by atoms with Crippen molar-refractivity contribution < 1.29 is 9.47 Å². The van der Waals surface area contributed by atoms with Crippen molar-refractivity contribution in [2.45, 2.75) is 13.1 Å². The van der Waals surface area contributed by atoms with Gasteiger partial charge in [-0.2, -0.15) is 5.10 Å². The predicted octanol–water partition coefficient (Wildman–Crippen LogP) is 2.97. The van der Waals surface area contributed by atoms with Gasteiger partial charge in [-0.05, 0) is 42.0 Å². The molecular weight excluding hydrogens is 483 g/mol. The third-order valence-electron chi connectivity index (χ3n) is 4.15. The van der Waals surface area contributed by atoms with E-state index >= 15 is 0 Å².